The van der Waals surface area contributed by atoms with Crippen molar-refractivity contribution in [3.05, 3.63) is 40.1 Å². The fourth-order valence-electron chi connectivity index (χ4n) is 2.91. The topological polar surface area (TPSA) is 64.4 Å². The Hall–Kier alpha value is -2.15. The first kappa shape index (κ1) is 15.7. The Bertz CT molecular complexity index is 708. The molecule has 0 radical (unpaired) electrons. The Kier molecular flexibility index (Phi) is 4.47. The molecule has 1 unspecified atom stereocenters. The second kappa shape index (κ2) is 6.54. The SMILES string of the molecule is CCOC(=O)C1CN(C(=O)c2ccsc2)Cc2ncn(CC)c21. The van der Waals surface area contributed by atoms with E-state index in [1.165, 1.54) is 11.3 Å². The van der Waals surface area contributed by atoms with E-state index in [1.807, 2.05) is 22.3 Å². The highest BCUT2D eigenvalue weighted by Gasteiger charge is 2.37. The molecule has 6 nitrogen and oxygen atoms in total. The van der Waals surface area contributed by atoms with E-state index in [4.69, 9.17) is 4.74 Å². The number of imidazole rings is 1. The van der Waals surface area contributed by atoms with Gasteiger partial charge in [0.1, 0.15) is 5.92 Å². The van der Waals surface area contributed by atoms with Gasteiger partial charge in [-0.2, -0.15) is 11.3 Å². The lowest BCUT2D eigenvalue weighted by Gasteiger charge is -2.31. The van der Waals surface area contributed by atoms with Crippen molar-refractivity contribution in [1.82, 2.24) is 14.5 Å². The Morgan fingerprint density at radius 1 is 1.43 bits per heavy atom. The summed E-state index contributed by atoms with van der Waals surface area (Å²) in [5, 5.41) is 3.69. The molecule has 0 N–H and O–H groups in total. The van der Waals surface area contributed by atoms with E-state index >= 15 is 0 Å². The highest BCUT2D eigenvalue weighted by atomic mass is 32.1. The van der Waals surface area contributed by atoms with Gasteiger partial charge in [0.2, 0.25) is 0 Å². The number of fused-ring (bicyclic) bond motifs is 1. The molecule has 1 atom stereocenters. The summed E-state index contributed by atoms with van der Waals surface area (Å²) in [6.07, 6.45) is 1.73. The van der Waals surface area contributed by atoms with Crippen molar-refractivity contribution in [2.45, 2.75) is 32.9 Å². The first-order valence-electron chi connectivity index (χ1n) is 7.67. The van der Waals surface area contributed by atoms with Crippen molar-refractivity contribution in [1.29, 1.82) is 0 Å². The second-order valence-electron chi connectivity index (χ2n) is 5.36. The number of hydrogen-bond donors (Lipinski definition) is 0. The van der Waals surface area contributed by atoms with Crippen LogP contribution in [0.1, 0.15) is 41.5 Å². The largest absolute Gasteiger partial charge is 0.465 e. The minimum atomic E-state index is -0.483. The standard InChI is InChI=1S/C16H19N3O3S/c1-3-18-10-17-13-8-19(15(20)11-5-6-23-9-11)7-12(14(13)18)16(21)22-4-2/h5-6,9-10,12H,3-4,7-8H2,1-2H3. The molecule has 0 fully saturated rings. The van der Waals surface area contributed by atoms with Gasteiger partial charge in [-0.15, -0.1) is 0 Å². The van der Waals surface area contributed by atoms with Crippen molar-refractivity contribution >= 4 is 23.2 Å². The van der Waals surface area contributed by atoms with Gasteiger partial charge in [0, 0.05) is 18.5 Å². The van der Waals surface area contributed by atoms with Crippen molar-refractivity contribution in [2.24, 2.45) is 0 Å². The van der Waals surface area contributed by atoms with Crippen LogP contribution in [0.25, 0.3) is 0 Å². The fraction of sp³-hybridized carbons (Fsp3) is 0.438. The van der Waals surface area contributed by atoms with Gasteiger partial charge in [0.25, 0.3) is 5.91 Å². The van der Waals surface area contributed by atoms with Crippen LogP contribution in [0.4, 0.5) is 0 Å². The first-order valence-corrected chi connectivity index (χ1v) is 8.62. The average Bonchev–Trinajstić information content (AvgIpc) is 3.22. The summed E-state index contributed by atoms with van der Waals surface area (Å²) in [5.74, 6) is -0.854. The maximum Gasteiger partial charge on any atom is 0.316 e. The number of esters is 1. The van der Waals surface area contributed by atoms with Crippen LogP contribution in [0.15, 0.2) is 23.2 Å². The smallest absolute Gasteiger partial charge is 0.316 e. The minimum absolute atomic E-state index is 0.0720. The third-order valence-electron chi connectivity index (χ3n) is 4.00. The molecule has 2 aromatic rings. The number of rotatable bonds is 4. The lowest BCUT2D eigenvalue weighted by Crippen LogP contribution is -2.41. The molecule has 0 bridgehead atoms. The van der Waals surface area contributed by atoms with Crippen molar-refractivity contribution in [3.8, 4) is 0 Å². The second-order valence-corrected chi connectivity index (χ2v) is 6.14. The highest BCUT2D eigenvalue weighted by molar-refractivity contribution is 7.08. The Morgan fingerprint density at radius 2 is 2.26 bits per heavy atom. The molecule has 1 aliphatic heterocycles. The van der Waals surface area contributed by atoms with Crippen molar-refractivity contribution < 1.29 is 14.3 Å². The molecule has 0 aliphatic carbocycles. The maximum atomic E-state index is 12.6. The summed E-state index contributed by atoms with van der Waals surface area (Å²) in [5.41, 5.74) is 2.30. The summed E-state index contributed by atoms with van der Waals surface area (Å²) >= 11 is 1.48. The van der Waals surface area contributed by atoms with E-state index in [9.17, 15) is 9.59 Å². The van der Waals surface area contributed by atoms with E-state index in [1.54, 1.807) is 24.2 Å². The van der Waals surface area contributed by atoms with Gasteiger partial charge in [0.05, 0.1) is 36.4 Å². The van der Waals surface area contributed by atoms with Gasteiger partial charge in [-0.25, -0.2) is 4.98 Å². The molecule has 1 aliphatic rings. The predicted octanol–water partition coefficient (Wildman–Crippen LogP) is 2.27. The van der Waals surface area contributed by atoms with Crippen LogP contribution in [0.3, 0.4) is 0 Å². The van der Waals surface area contributed by atoms with Crippen LogP contribution < -0.4 is 0 Å². The molecule has 2 aromatic heterocycles. The summed E-state index contributed by atoms with van der Waals surface area (Å²) in [6, 6.07) is 1.80. The van der Waals surface area contributed by atoms with Crippen LogP contribution in [0, 0.1) is 0 Å². The van der Waals surface area contributed by atoms with E-state index in [-0.39, 0.29) is 11.9 Å². The number of aromatic nitrogens is 2. The lowest BCUT2D eigenvalue weighted by atomic mass is 9.97. The Morgan fingerprint density at radius 3 is 2.91 bits per heavy atom. The van der Waals surface area contributed by atoms with E-state index < -0.39 is 5.92 Å². The zero-order valence-electron chi connectivity index (χ0n) is 13.2. The van der Waals surface area contributed by atoms with Crippen LogP contribution in [0.2, 0.25) is 0 Å². The van der Waals surface area contributed by atoms with Gasteiger partial charge in [-0.3, -0.25) is 9.59 Å². The van der Waals surface area contributed by atoms with Crippen LogP contribution in [-0.2, 0) is 22.6 Å². The molecule has 122 valence electrons. The third-order valence-corrected chi connectivity index (χ3v) is 4.68. The van der Waals surface area contributed by atoms with E-state index in [2.05, 4.69) is 4.98 Å². The molecule has 7 heteroatoms. The molecule has 0 spiro atoms. The minimum Gasteiger partial charge on any atom is -0.465 e. The van der Waals surface area contributed by atoms with Gasteiger partial charge in [0.15, 0.2) is 0 Å². The molecule has 0 aromatic carbocycles. The number of nitrogens with zero attached hydrogens (tertiary/aromatic N) is 3. The number of carbonyl (C=O) groups is 2. The van der Waals surface area contributed by atoms with Crippen LogP contribution >= 0.6 is 11.3 Å². The number of amides is 1. The molecule has 3 rings (SSSR count). The lowest BCUT2D eigenvalue weighted by molar-refractivity contribution is -0.145. The Labute approximate surface area is 138 Å². The average molecular weight is 333 g/mol. The van der Waals surface area contributed by atoms with Crippen LogP contribution in [-0.4, -0.2) is 39.5 Å². The molecular weight excluding hydrogens is 314 g/mol. The number of aryl methyl sites for hydroxylation is 1. The van der Waals surface area contributed by atoms with Gasteiger partial charge in [-0.05, 0) is 25.3 Å². The number of hydrogen-bond acceptors (Lipinski definition) is 5. The molecule has 1 amide bonds. The van der Waals surface area contributed by atoms with Gasteiger partial charge < -0.3 is 14.2 Å². The molecule has 0 saturated carbocycles. The summed E-state index contributed by atoms with van der Waals surface area (Å²) < 4.78 is 7.17. The maximum absolute atomic E-state index is 12.6. The number of carbonyl (C=O) groups excluding carboxylic acids is 2. The zero-order chi connectivity index (χ0) is 16.4. The number of thiophene rings is 1. The molecule has 0 saturated heterocycles. The van der Waals surface area contributed by atoms with Crippen molar-refractivity contribution in [3.63, 3.8) is 0 Å². The van der Waals surface area contributed by atoms with E-state index in [0.717, 1.165) is 17.9 Å². The van der Waals surface area contributed by atoms with Crippen molar-refractivity contribution in [2.75, 3.05) is 13.2 Å². The normalized spacial score (nSPS) is 17.0. The van der Waals surface area contributed by atoms with Crippen LogP contribution in [0.5, 0.6) is 0 Å². The predicted molar refractivity (Wildman–Crippen MR) is 86.3 cm³/mol. The van der Waals surface area contributed by atoms with E-state index in [0.29, 0.717) is 25.3 Å². The molecular formula is C16H19N3O3S. The fourth-order valence-corrected chi connectivity index (χ4v) is 3.54. The molecule has 23 heavy (non-hydrogen) atoms. The first-order chi connectivity index (χ1) is 11.2. The summed E-state index contributed by atoms with van der Waals surface area (Å²) in [7, 11) is 0. The summed E-state index contributed by atoms with van der Waals surface area (Å²) in [6.45, 7) is 5.60. The highest BCUT2D eigenvalue weighted by Crippen LogP contribution is 2.30. The summed E-state index contributed by atoms with van der Waals surface area (Å²) in [4.78, 5) is 31.1. The monoisotopic (exact) mass is 333 g/mol. The van der Waals surface area contributed by atoms with Gasteiger partial charge in [-0.1, -0.05) is 0 Å². The quantitative estimate of drug-likeness (QED) is 0.805. The Balaban J connectivity index is 1.93. The third kappa shape index (κ3) is 2.88. The number of ether oxygens (including phenoxy) is 1. The molecule has 3 heterocycles. The zero-order valence-corrected chi connectivity index (χ0v) is 14.0. The van der Waals surface area contributed by atoms with Gasteiger partial charge >= 0.3 is 5.97 Å².